The minimum atomic E-state index is 0.0444. The zero-order chi connectivity index (χ0) is 11.1. The molecule has 0 saturated heterocycles. The molecule has 0 spiro atoms. The molecule has 0 aliphatic heterocycles. The first-order valence-corrected chi connectivity index (χ1v) is 4.65. The minimum Gasteiger partial charge on any atom is -0.493 e. The molecule has 0 heterocycles. The molecular weight excluding hydrogens is 194 g/mol. The van der Waals surface area contributed by atoms with Gasteiger partial charge in [0.05, 0.1) is 27.4 Å². The second-order valence-electron chi connectivity index (χ2n) is 2.84. The second-order valence-corrected chi connectivity index (χ2v) is 2.84. The molecule has 0 aliphatic carbocycles. The third kappa shape index (κ3) is 2.95. The number of benzene rings is 1. The number of aliphatic imine (C=N–C) groups is 1. The highest BCUT2D eigenvalue weighted by Crippen LogP contribution is 2.29. The van der Waals surface area contributed by atoms with E-state index in [1.54, 1.807) is 20.4 Å². The number of para-hydroxylation sites is 1. The van der Waals surface area contributed by atoms with Crippen LogP contribution in [0.2, 0.25) is 0 Å². The molecule has 0 fully saturated rings. The number of aliphatic hydroxyl groups excluding tert-OH is 1. The Morgan fingerprint density at radius 3 is 2.73 bits per heavy atom. The standard InChI is InChI=1S/C11H15NO3/c1-14-10-5-3-4-9(11(10)15-2)8-12-6-7-13/h3-5,8,13H,6-7H2,1-2H3. The zero-order valence-corrected chi connectivity index (χ0v) is 8.93. The third-order valence-electron chi connectivity index (χ3n) is 1.89. The summed E-state index contributed by atoms with van der Waals surface area (Å²) < 4.78 is 10.4. The molecule has 82 valence electrons. The molecule has 1 rings (SSSR count). The van der Waals surface area contributed by atoms with Gasteiger partial charge in [-0.3, -0.25) is 4.99 Å². The normalized spacial score (nSPS) is 10.6. The molecule has 4 heteroatoms. The van der Waals surface area contributed by atoms with E-state index in [0.29, 0.717) is 18.0 Å². The quantitative estimate of drug-likeness (QED) is 0.739. The lowest BCUT2D eigenvalue weighted by Gasteiger charge is -2.09. The summed E-state index contributed by atoms with van der Waals surface area (Å²) in [6, 6.07) is 5.56. The second kappa shape index (κ2) is 6.03. The molecule has 0 amide bonds. The van der Waals surface area contributed by atoms with E-state index in [1.165, 1.54) is 0 Å². The first-order valence-electron chi connectivity index (χ1n) is 4.65. The third-order valence-corrected chi connectivity index (χ3v) is 1.89. The number of rotatable bonds is 5. The summed E-state index contributed by atoms with van der Waals surface area (Å²) in [4.78, 5) is 4.03. The summed E-state index contributed by atoms with van der Waals surface area (Å²) in [6.45, 7) is 0.434. The number of hydrogen-bond donors (Lipinski definition) is 1. The number of hydrogen-bond acceptors (Lipinski definition) is 4. The molecule has 0 aliphatic rings. The molecule has 15 heavy (non-hydrogen) atoms. The van der Waals surface area contributed by atoms with Crippen molar-refractivity contribution in [3.63, 3.8) is 0 Å². The zero-order valence-electron chi connectivity index (χ0n) is 8.93. The molecule has 4 nitrogen and oxygen atoms in total. The van der Waals surface area contributed by atoms with E-state index < -0.39 is 0 Å². The van der Waals surface area contributed by atoms with Gasteiger partial charge in [0.25, 0.3) is 0 Å². The summed E-state index contributed by atoms with van der Waals surface area (Å²) in [5.41, 5.74) is 0.838. The van der Waals surface area contributed by atoms with Crippen LogP contribution in [0.1, 0.15) is 5.56 Å². The Balaban J connectivity index is 2.95. The van der Waals surface area contributed by atoms with E-state index in [0.717, 1.165) is 5.56 Å². The molecule has 1 aromatic rings. The Bertz CT molecular complexity index is 337. The Hall–Kier alpha value is -1.55. The highest BCUT2D eigenvalue weighted by molar-refractivity contribution is 5.85. The maximum atomic E-state index is 8.60. The van der Waals surface area contributed by atoms with E-state index in [4.69, 9.17) is 14.6 Å². The topological polar surface area (TPSA) is 51.0 Å². The van der Waals surface area contributed by atoms with Gasteiger partial charge >= 0.3 is 0 Å². The van der Waals surface area contributed by atoms with E-state index in [-0.39, 0.29) is 6.61 Å². The lowest BCUT2D eigenvalue weighted by molar-refractivity contribution is 0.307. The maximum absolute atomic E-state index is 8.60. The van der Waals surface area contributed by atoms with Crippen LogP contribution in [0.3, 0.4) is 0 Å². The molecule has 0 saturated carbocycles. The van der Waals surface area contributed by atoms with Crippen molar-refractivity contribution in [2.24, 2.45) is 4.99 Å². The van der Waals surface area contributed by atoms with Crippen molar-refractivity contribution in [3.05, 3.63) is 23.8 Å². The fourth-order valence-corrected chi connectivity index (χ4v) is 1.23. The highest BCUT2D eigenvalue weighted by Gasteiger charge is 2.06. The predicted octanol–water partition coefficient (Wildman–Crippen LogP) is 1.11. The van der Waals surface area contributed by atoms with E-state index in [2.05, 4.69) is 4.99 Å². The van der Waals surface area contributed by atoms with Gasteiger partial charge in [0.1, 0.15) is 0 Å². The molecule has 1 N–H and O–H groups in total. The summed E-state index contributed by atoms with van der Waals surface area (Å²) in [7, 11) is 3.17. The largest absolute Gasteiger partial charge is 0.493 e. The lowest BCUT2D eigenvalue weighted by Crippen LogP contribution is -1.96. The first kappa shape index (κ1) is 11.5. The summed E-state index contributed by atoms with van der Waals surface area (Å²) >= 11 is 0. The van der Waals surface area contributed by atoms with Crippen LogP contribution in [-0.2, 0) is 0 Å². The van der Waals surface area contributed by atoms with Gasteiger partial charge in [-0.1, -0.05) is 6.07 Å². The van der Waals surface area contributed by atoms with Crippen LogP contribution in [0.25, 0.3) is 0 Å². The average molecular weight is 209 g/mol. The Kier molecular flexibility index (Phi) is 4.63. The SMILES string of the molecule is COc1cccc(C=NCCO)c1OC. The van der Waals surface area contributed by atoms with Crippen LogP contribution >= 0.6 is 0 Å². The predicted molar refractivity (Wildman–Crippen MR) is 59.1 cm³/mol. The Morgan fingerprint density at radius 2 is 2.13 bits per heavy atom. The van der Waals surface area contributed by atoms with Gasteiger partial charge in [-0.2, -0.15) is 0 Å². The molecule has 0 radical (unpaired) electrons. The summed E-state index contributed by atoms with van der Waals surface area (Å²) in [5, 5.41) is 8.60. The Labute approximate surface area is 89.2 Å². The molecule has 0 aromatic heterocycles. The van der Waals surface area contributed by atoms with Gasteiger partial charge in [0.2, 0.25) is 0 Å². The fourth-order valence-electron chi connectivity index (χ4n) is 1.23. The van der Waals surface area contributed by atoms with Gasteiger partial charge in [-0.15, -0.1) is 0 Å². The molecule has 0 unspecified atom stereocenters. The van der Waals surface area contributed by atoms with Gasteiger partial charge < -0.3 is 14.6 Å². The van der Waals surface area contributed by atoms with Crippen molar-refractivity contribution in [2.75, 3.05) is 27.4 Å². The average Bonchev–Trinajstić information content (AvgIpc) is 2.29. The molecule has 0 atom stereocenters. The van der Waals surface area contributed by atoms with E-state index in [9.17, 15) is 0 Å². The van der Waals surface area contributed by atoms with Gasteiger partial charge in [0.15, 0.2) is 11.5 Å². The lowest BCUT2D eigenvalue weighted by atomic mass is 10.2. The van der Waals surface area contributed by atoms with Gasteiger partial charge in [0, 0.05) is 11.8 Å². The van der Waals surface area contributed by atoms with Crippen molar-refractivity contribution in [3.8, 4) is 11.5 Å². The van der Waals surface area contributed by atoms with Gasteiger partial charge in [-0.05, 0) is 12.1 Å². The smallest absolute Gasteiger partial charge is 0.169 e. The van der Waals surface area contributed by atoms with Gasteiger partial charge in [-0.25, -0.2) is 0 Å². The highest BCUT2D eigenvalue weighted by atomic mass is 16.5. The number of ether oxygens (including phenoxy) is 2. The van der Waals surface area contributed by atoms with Crippen LogP contribution in [0.4, 0.5) is 0 Å². The number of methoxy groups -OCH3 is 2. The van der Waals surface area contributed by atoms with Crippen LogP contribution in [0, 0.1) is 0 Å². The van der Waals surface area contributed by atoms with Crippen molar-refractivity contribution in [1.29, 1.82) is 0 Å². The number of aliphatic hydroxyl groups is 1. The monoisotopic (exact) mass is 209 g/mol. The van der Waals surface area contributed by atoms with Crippen molar-refractivity contribution in [2.45, 2.75) is 0 Å². The number of nitrogens with zero attached hydrogens (tertiary/aromatic N) is 1. The molecular formula is C11H15NO3. The van der Waals surface area contributed by atoms with Crippen LogP contribution < -0.4 is 9.47 Å². The maximum Gasteiger partial charge on any atom is 0.169 e. The van der Waals surface area contributed by atoms with Crippen molar-refractivity contribution >= 4 is 6.21 Å². The van der Waals surface area contributed by atoms with Crippen LogP contribution in [0.5, 0.6) is 11.5 Å². The first-order chi connectivity index (χ1) is 7.33. The van der Waals surface area contributed by atoms with Crippen molar-refractivity contribution < 1.29 is 14.6 Å². The molecule has 1 aromatic carbocycles. The minimum absolute atomic E-state index is 0.0444. The summed E-state index contributed by atoms with van der Waals surface area (Å²) in [6.07, 6.45) is 1.66. The van der Waals surface area contributed by atoms with Crippen LogP contribution in [0.15, 0.2) is 23.2 Å². The van der Waals surface area contributed by atoms with E-state index >= 15 is 0 Å². The summed E-state index contributed by atoms with van der Waals surface area (Å²) in [5.74, 6) is 1.33. The Morgan fingerprint density at radius 1 is 1.33 bits per heavy atom. The molecule has 0 bridgehead atoms. The van der Waals surface area contributed by atoms with Crippen molar-refractivity contribution in [1.82, 2.24) is 0 Å². The fraction of sp³-hybridized carbons (Fsp3) is 0.364. The van der Waals surface area contributed by atoms with E-state index in [1.807, 2.05) is 18.2 Å². The van der Waals surface area contributed by atoms with Crippen LogP contribution in [-0.4, -0.2) is 38.7 Å².